The summed E-state index contributed by atoms with van der Waals surface area (Å²) in [7, 11) is 1.77. The van der Waals surface area contributed by atoms with Crippen molar-refractivity contribution >= 4 is 28.5 Å². The Labute approximate surface area is 126 Å². The first-order valence-corrected chi connectivity index (χ1v) is 7.51. The highest BCUT2D eigenvalue weighted by molar-refractivity contribution is 14.1. The van der Waals surface area contributed by atoms with Gasteiger partial charge in [-0.05, 0) is 60.1 Å². The second-order valence-corrected chi connectivity index (χ2v) is 6.00. The number of carbonyl (C=O) groups is 1. The van der Waals surface area contributed by atoms with Crippen molar-refractivity contribution in [2.75, 3.05) is 20.2 Å². The Morgan fingerprint density at radius 3 is 2.95 bits per heavy atom. The van der Waals surface area contributed by atoms with Gasteiger partial charge in [-0.25, -0.2) is 0 Å². The van der Waals surface area contributed by atoms with Gasteiger partial charge in [-0.1, -0.05) is 0 Å². The summed E-state index contributed by atoms with van der Waals surface area (Å²) in [5.41, 5.74) is 0.510. The van der Waals surface area contributed by atoms with Crippen LogP contribution < -0.4 is 0 Å². The molecule has 0 bridgehead atoms. The standard InChI is InChI=1S/C14H18INO3/c1-16(9-11-4-2-3-7-19-11)14(18)10-5-6-12(15)13(17)8-10/h5-6,8,11,17H,2-4,7,9H2,1H3. The highest BCUT2D eigenvalue weighted by atomic mass is 127. The Kier molecular flexibility index (Phi) is 5.04. The molecule has 1 atom stereocenters. The first-order chi connectivity index (χ1) is 9.08. The van der Waals surface area contributed by atoms with E-state index in [9.17, 15) is 9.90 Å². The van der Waals surface area contributed by atoms with E-state index in [4.69, 9.17) is 4.74 Å². The molecular weight excluding hydrogens is 357 g/mol. The number of aromatic hydroxyl groups is 1. The van der Waals surface area contributed by atoms with Crippen molar-refractivity contribution in [1.82, 2.24) is 4.90 Å². The van der Waals surface area contributed by atoms with Crippen LogP contribution in [-0.4, -0.2) is 42.2 Å². The molecule has 0 aromatic heterocycles. The number of hydrogen-bond donors (Lipinski definition) is 1. The van der Waals surface area contributed by atoms with Crippen LogP contribution in [0.5, 0.6) is 5.75 Å². The van der Waals surface area contributed by atoms with E-state index in [1.54, 1.807) is 24.1 Å². The minimum absolute atomic E-state index is 0.0825. The van der Waals surface area contributed by atoms with E-state index in [1.165, 1.54) is 6.07 Å². The molecule has 0 saturated carbocycles. The number of nitrogens with zero attached hydrogens (tertiary/aromatic N) is 1. The molecule has 1 heterocycles. The number of carbonyl (C=O) groups excluding carboxylic acids is 1. The van der Waals surface area contributed by atoms with Gasteiger partial charge in [0.25, 0.3) is 5.91 Å². The van der Waals surface area contributed by atoms with Crippen LogP contribution >= 0.6 is 22.6 Å². The maximum atomic E-state index is 12.2. The van der Waals surface area contributed by atoms with Gasteiger partial charge in [0.05, 0.1) is 9.67 Å². The van der Waals surface area contributed by atoms with Crippen molar-refractivity contribution in [2.45, 2.75) is 25.4 Å². The van der Waals surface area contributed by atoms with Crippen LogP contribution in [-0.2, 0) is 4.74 Å². The Bertz CT molecular complexity index is 458. The lowest BCUT2D eigenvalue weighted by Gasteiger charge is -2.27. The average Bonchev–Trinajstić information content (AvgIpc) is 2.42. The maximum Gasteiger partial charge on any atom is 0.253 e. The van der Waals surface area contributed by atoms with Gasteiger partial charge in [-0.3, -0.25) is 4.79 Å². The van der Waals surface area contributed by atoms with E-state index in [0.29, 0.717) is 12.1 Å². The molecule has 19 heavy (non-hydrogen) atoms. The van der Waals surface area contributed by atoms with Gasteiger partial charge in [0, 0.05) is 25.8 Å². The average molecular weight is 375 g/mol. The molecule has 1 saturated heterocycles. The quantitative estimate of drug-likeness (QED) is 0.827. The summed E-state index contributed by atoms with van der Waals surface area (Å²) in [6.45, 7) is 1.39. The smallest absolute Gasteiger partial charge is 0.253 e. The van der Waals surface area contributed by atoms with Crippen molar-refractivity contribution in [1.29, 1.82) is 0 Å². The van der Waals surface area contributed by atoms with E-state index >= 15 is 0 Å². The van der Waals surface area contributed by atoms with Crippen molar-refractivity contribution in [2.24, 2.45) is 0 Å². The predicted molar refractivity (Wildman–Crippen MR) is 81.4 cm³/mol. The fourth-order valence-corrected chi connectivity index (χ4v) is 2.54. The molecule has 1 aromatic carbocycles. The Balaban J connectivity index is 1.99. The normalized spacial score (nSPS) is 19.2. The highest BCUT2D eigenvalue weighted by Crippen LogP contribution is 2.21. The lowest BCUT2D eigenvalue weighted by Crippen LogP contribution is -2.37. The molecule has 1 unspecified atom stereocenters. The largest absolute Gasteiger partial charge is 0.507 e. The number of phenols is 1. The van der Waals surface area contributed by atoms with Gasteiger partial charge < -0.3 is 14.7 Å². The first kappa shape index (κ1) is 14.6. The zero-order valence-electron chi connectivity index (χ0n) is 10.9. The fraction of sp³-hybridized carbons (Fsp3) is 0.500. The fourth-order valence-electron chi connectivity index (χ4n) is 2.21. The lowest BCUT2D eigenvalue weighted by atomic mass is 10.1. The minimum atomic E-state index is -0.0825. The van der Waals surface area contributed by atoms with Crippen molar-refractivity contribution in [3.63, 3.8) is 0 Å². The zero-order valence-corrected chi connectivity index (χ0v) is 13.1. The van der Waals surface area contributed by atoms with Gasteiger partial charge >= 0.3 is 0 Å². The second kappa shape index (κ2) is 6.56. The van der Waals surface area contributed by atoms with Crippen LogP contribution in [0.1, 0.15) is 29.6 Å². The van der Waals surface area contributed by atoms with Crippen LogP contribution in [0.2, 0.25) is 0 Å². The number of rotatable bonds is 3. The molecule has 104 valence electrons. The molecule has 1 aliphatic rings. The Morgan fingerprint density at radius 2 is 2.32 bits per heavy atom. The molecular formula is C14H18INO3. The Morgan fingerprint density at radius 1 is 1.53 bits per heavy atom. The second-order valence-electron chi connectivity index (χ2n) is 4.84. The number of likely N-dealkylation sites (N-methyl/N-ethyl adjacent to an activating group) is 1. The molecule has 1 aliphatic heterocycles. The summed E-state index contributed by atoms with van der Waals surface area (Å²) >= 11 is 2.03. The Hall–Kier alpha value is -0.820. The summed E-state index contributed by atoms with van der Waals surface area (Å²) < 4.78 is 6.38. The molecule has 1 fully saturated rings. The third-order valence-corrected chi connectivity index (χ3v) is 4.20. The van der Waals surface area contributed by atoms with Crippen molar-refractivity contribution in [3.8, 4) is 5.75 Å². The summed E-state index contributed by atoms with van der Waals surface area (Å²) in [6, 6.07) is 5.00. The molecule has 0 aliphatic carbocycles. The minimum Gasteiger partial charge on any atom is -0.507 e. The number of hydrogen-bond acceptors (Lipinski definition) is 3. The molecule has 2 rings (SSSR count). The van der Waals surface area contributed by atoms with Gasteiger partial charge in [0.15, 0.2) is 0 Å². The summed E-state index contributed by atoms with van der Waals surface area (Å²) in [4.78, 5) is 13.9. The third-order valence-electron chi connectivity index (χ3n) is 3.29. The van der Waals surface area contributed by atoms with E-state index in [-0.39, 0.29) is 17.8 Å². The SMILES string of the molecule is CN(CC1CCCCO1)C(=O)c1ccc(I)c(O)c1. The summed E-state index contributed by atoms with van der Waals surface area (Å²) in [5, 5.41) is 9.65. The molecule has 1 amide bonds. The maximum absolute atomic E-state index is 12.2. The number of ether oxygens (including phenoxy) is 1. The van der Waals surface area contributed by atoms with E-state index in [0.717, 1.165) is 29.4 Å². The van der Waals surface area contributed by atoms with Crippen LogP contribution in [0, 0.1) is 3.57 Å². The first-order valence-electron chi connectivity index (χ1n) is 6.43. The zero-order chi connectivity index (χ0) is 13.8. The molecule has 0 radical (unpaired) electrons. The monoisotopic (exact) mass is 375 g/mol. The van der Waals surface area contributed by atoms with Crippen LogP contribution in [0.25, 0.3) is 0 Å². The highest BCUT2D eigenvalue weighted by Gasteiger charge is 2.20. The molecule has 1 aromatic rings. The molecule has 0 spiro atoms. The summed E-state index contributed by atoms with van der Waals surface area (Å²) in [6.07, 6.45) is 3.42. The third kappa shape index (κ3) is 3.82. The number of amides is 1. The van der Waals surface area contributed by atoms with Gasteiger partial charge in [0.1, 0.15) is 5.75 Å². The lowest BCUT2D eigenvalue weighted by molar-refractivity contribution is -0.000191. The van der Waals surface area contributed by atoms with Crippen LogP contribution in [0.3, 0.4) is 0 Å². The molecule has 5 heteroatoms. The number of halogens is 1. The number of phenolic OH excluding ortho intramolecular Hbond substituents is 1. The van der Waals surface area contributed by atoms with Crippen LogP contribution in [0.15, 0.2) is 18.2 Å². The predicted octanol–water partition coefficient (Wildman–Crippen LogP) is 2.64. The summed E-state index contributed by atoms with van der Waals surface area (Å²) in [5.74, 6) is 0.0645. The number of benzene rings is 1. The molecule has 4 nitrogen and oxygen atoms in total. The van der Waals surface area contributed by atoms with E-state index in [2.05, 4.69) is 0 Å². The van der Waals surface area contributed by atoms with Crippen LogP contribution in [0.4, 0.5) is 0 Å². The van der Waals surface area contributed by atoms with Crippen molar-refractivity contribution in [3.05, 3.63) is 27.3 Å². The van der Waals surface area contributed by atoms with Gasteiger partial charge in [0.2, 0.25) is 0 Å². The van der Waals surface area contributed by atoms with E-state index in [1.807, 2.05) is 22.6 Å². The van der Waals surface area contributed by atoms with Gasteiger partial charge in [-0.2, -0.15) is 0 Å². The molecule has 1 N–H and O–H groups in total. The topological polar surface area (TPSA) is 49.8 Å². The van der Waals surface area contributed by atoms with E-state index < -0.39 is 0 Å². The van der Waals surface area contributed by atoms with Gasteiger partial charge in [-0.15, -0.1) is 0 Å². The van der Waals surface area contributed by atoms with Crippen molar-refractivity contribution < 1.29 is 14.6 Å².